The molecule has 0 amide bonds. The number of fused-ring (bicyclic) bond motifs is 1. The van der Waals surface area contributed by atoms with Gasteiger partial charge in [0.25, 0.3) is 0 Å². The standard InChI is InChI=1S/C16H26N2O/c1-5-19-16(2,3)12-17-11-13-6-7-15-14(10-13)8-9-18(15)4/h6-7,10,17H,5,8-9,11-12H2,1-4H3. The summed E-state index contributed by atoms with van der Waals surface area (Å²) < 4.78 is 5.69. The summed E-state index contributed by atoms with van der Waals surface area (Å²) in [5.74, 6) is 0. The minimum Gasteiger partial charge on any atom is -0.375 e. The number of hydrogen-bond acceptors (Lipinski definition) is 3. The van der Waals surface area contributed by atoms with Crippen LogP contribution >= 0.6 is 0 Å². The number of nitrogens with one attached hydrogen (secondary N) is 1. The number of ether oxygens (including phenoxy) is 1. The van der Waals surface area contributed by atoms with Crippen LogP contribution in [0.4, 0.5) is 5.69 Å². The lowest BCUT2D eigenvalue weighted by atomic mass is 10.1. The van der Waals surface area contributed by atoms with Crippen LogP contribution in [0.1, 0.15) is 31.9 Å². The van der Waals surface area contributed by atoms with Crippen LogP contribution in [-0.2, 0) is 17.7 Å². The van der Waals surface area contributed by atoms with Crippen molar-refractivity contribution in [2.45, 2.75) is 39.3 Å². The predicted molar refractivity (Wildman–Crippen MR) is 80.8 cm³/mol. The zero-order chi connectivity index (χ0) is 13.9. The second-order valence-electron chi connectivity index (χ2n) is 5.93. The van der Waals surface area contributed by atoms with Gasteiger partial charge in [0.15, 0.2) is 0 Å². The smallest absolute Gasteiger partial charge is 0.0750 e. The molecule has 0 unspecified atom stereocenters. The van der Waals surface area contributed by atoms with Crippen molar-refractivity contribution in [1.29, 1.82) is 0 Å². The highest BCUT2D eigenvalue weighted by Gasteiger charge is 2.18. The van der Waals surface area contributed by atoms with Crippen molar-refractivity contribution in [3.05, 3.63) is 29.3 Å². The molecule has 0 saturated heterocycles. The van der Waals surface area contributed by atoms with E-state index in [1.807, 2.05) is 6.92 Å². The Hall–Kier alpha value is -1.06. The van der Waals surface area contributed by atoms with E-state index in [9.17, 15) is 0 Å². The van der Waals surface area contributed by atoms with Crippen LogP contribution in [0, 0.1) is 0 Å². The minimum absolute atomic E-state index is 0.0916. The number of nitrogens with zero attached hydrogens (tertiary/aromatic N) is 1. The SMILES string of the molecule is CCOC(C)(C)CNCc1ccc2c(c1)CCN2C. The highest BCUT2D eigenvalue weighted by molar-refractivity contribution is 5.58. The third-order valence-electron chi connectivity index (χ3n) is 3.69. The molecule has 0 radical (unpaired) electrons. The molecule has 1 N–H and O–H groups in total. The van der Waals surface area contributed by atoms with Crippen LogP contribution in [0.3, 0.4) is 0 Å². The summed E-state index contributed by atoms with van der Waals surface area (Å²) in [4.78, 5) is 2.32. The van der Waals surface area contributed by atoms with E-state index in [1.54, 1.807) is 0 Å². The number of hydrogen-bond donors (Lipinski definition) is 1. The Labute approximate surface area is 116 Å². The molecule has 0 aromatic heterocycles. The molecule has 0 saturated carbocycles. The highest BCUT2D eigenvalue weighted by Crippen LogP contribution is 2.27. The molecule has 106 valence electrons. The molecular formula is C16H26N2O. The molecule has 19 heavy (non-hydrogen) atoms. The van der Waals surface area contributed by atoms with Crippen molar-refractivity contribution >= 4 is 5.69 Å². The first-order valence-electron chi connectivity index (χ1n) is 7.19. The van der Waals surface area contributed by atoms with E-state index >= 15 is 0 Å². The van der Waals surface area contributed by atoms with Gasteiger partial charge in [0, 0.05) is 39.0 Å². The molecule has 1 aromatic rings. The topological polar surface area (TPSA) is 24.5 Å². The Morgan fingerprint density at radius 3 is 2.89 bits per heavy atom. The van der Waals surface area contributed by atoms with E-state index in [2.05, 4.69) is 49.3 Å². The van der Waals surface area contributed by atoms with Crippen molar-refractivity contribution in [3.63, 3.8) is 0 Å². The molecule has 0 bridgehead atoms. The molecule has 0 spiro atoms. The average molecular weight is 262 g/mol. The summed E-state index contributed by atoms with van der Waals surface area (Å²) in [7, 11) is 2.16. The Morgan fingerprint density at radius 1 is 1.37 bits per heavy atom. The number of rotatable bonds is 6. The van der Waals surface area contributed by atoms with E-state index in [4.69, 9.17) is 4.74 Å². The van der Waals surface area contributed by atoms with Crippen molar-refractivity contribution in [2.24, 2.45) is 0 Å². The Morgan fingerprint density at radius 2 is 2.16 bits per heavy atom. The van der Waals surface area contributed by atoms with Crippen LogP contribution in [0.25, 0.3) is 0 Å². The van der Waals surface area contributed by atoms with Gasteiger partial charge in [0.2, 0.25) is 0 Å². The molecule has 3 nitrogen and oxygen atoms in total. The molecular weight excluding hydrogens is 236 g/mol. The summed E-state index contributed by atoms with van der Waals surface area (Å²) >= 11 is 0. The highest BCUT2D eigenvalue weighted by atomic mass is 16.5. The summed E-state index contributed by atoms with van der Waals surface area (Å²) in [6.45, 7) is 9.98. The zero-order valence-electron chi connectivity index (χ0n) is 12.6. The molecule has 1 aromatic carbocycles. The maximum absolute atomic E-state index is 5.69. The molecule has 0 atom stereocenters. The predicted octanol–water partition coefficient (Wildman–Crippen LogP) is 2.58. The Kier molecular flexibility index (Phi) is 4.48. The van der Waals surface area contributed by atoms with Gasteiger partial charge in [-0.3, -0.25) is 0 Å². The van der Waals surface area contributed by atoms with Crippen LogP contribution in [0.5, 0.6) is 0 Å². The van der Waals surface area contributed by atoms with Crippen LogP contribution < -0.4 is 10.2 Å². The minimum atomic E-state index is -0.0916. The van der Waals surface area contributed by atoms with Gasteiger partial charge in [-0.15, -0.1) is 0 Å². The summed E-state index contributed by atoms with van der Waals surface area (Å²) in [6, 6.07) is 6.80. The fraction of sp³-hybridized carbons (Fsp3) is 0.625. The Bertz CT molecular complexity index is 429. The van der Waals surface area contributed by atoms with Crippen LogP contribution in [-0.4, -0.2) is 32.3 Å². The largest absolute Gasteiger partial charge is 0.375 e. The quantitative estimate of drug-likeness (QED) is 0.853. The lowest BCUT2D eigenvalue weighted by Crippen LogP contribution is -2.37. The molecule has 1 aliphatic rings. The van der Waals surface area contributed by atoms with E-state index in [1.165, 1.54) is 23.2 Å². The molecule has 1 heterocycles. The maximum Gasteiger partial charge on any atom is 0.0750 e. The lowest BCUT2D eigenvalue weighted by Gasteiger charge is -2.25. The van der Waals surface area contributed by atoms with Gasteiger partial charge in [-0.05, 0) is 44.4 Å². The second-order valence-corrected chi connectivity index (χ2v) is 5.93. The van der Waals surface area contributed by atoms with E-state index in [0.717, 1.165) is 26.2 Å². The molecule has 1 aliphatic heterocycles. The van der Waals surface area contributed by atoms with E-state index in [-0.39, 0.29) is 5.60 Å². The van der Waals surface area contributed by atoms with Crippen molar-refractivity contribution in [2.75, 3.05) is 31.6 Å². The first-order chi connectivity index (χ1) is 9.02. The first-order valence-corrected chi connectivity index (χ1v) is 7.19. The average Bonchev–Trinajstić information content (AvgIpc) is 2.70. The summed E-state index contributed by atoms with van der Waals surface area (Å²) in [6.07, 6.45) is 1.17. The van der Waals surface area contributed by atoms with Crippen LogP contribution in [0.2, 0.25) is 0 Å². The van der Waals surface area contributed by atoms with E-state index in [0.29, 0.717) is 0 Å². The number of anilines is 1. The normalized spacial score (nSPS) is 14.8. The van der Waals surface area contributed by atoms with E-state index < -0.39 is 0 Å². The van der Waals surface area contributed by atoms with Gasteiger partial charge in [-0.1, -0.05) is 12.1 Å². The molecule has 0 aliphatic carbocycles. The fourth-order valence-corrected chi connectivity index (χ4v) is 2.68. The number of benzene rings is 1. The molecule has 0 fully saturated rings. The van der Waals surface area contributed by atoms with Gasteiger partial charge in [-0.25, -0.2) is 0 Å². The Balaban J connectivity index is 1.87. The molecule has 3 heteroatoms. The zero-order valence-corrected chi connectivity index (χ0v) is 12.6. The molecule has 2 rings (SSSR count). The van der Waals surface area contributed by atoms with Gasteiger partial charge < -0.3 is 15.0 Å². The fourth-order valence-electron chi connectivity index (χ4n) is 2.68. The third kappa shape index (κ3) is 3.71. The van der Waals surface area contributed by atoms with Crippen molar-refractivity contribution < 1.29 is 4.74 Å². The van der Waals surface area contributed by atoms with Gasteiger partial charge in [-0.2, -0.15) is 0 Å². The first kappa shape index (κ1) is 14.4. The lowest BCUT2D eigenvalue weighted by molar-refractivity contribution is -0.00897. The van der Waals surface area contributed by atoms with Crippen molar-refractivity contribution in [3.8, 4) is 0 Å². The van der Waals surface area contributed by atoms with Gasteiger partial charge in [0.1, 0.15) is 0 Å². The monoisotopic (exact) mass is 262 g/mol. The summed E-state index contributed by atoms with van der Waals surface area (Å²) in [5, 5.41) is 3.49. The number of likely N-dealkylation sites (N-methyl/N-ethyl adjacent to an activating group) is 1. The third-order valence-corrected chi connectivity index (χ3v) is 3.69. The van der Waals surface area contributed by atoms with Crippen molar-refractivity contribution in [1.82, 2.24) is 5.32 Å². The van der Waals surface area contributed by atoms with Gasteiger partial charge >= 0.3 is 0 Å². The van der Waals surface area contributed by atoms with Crippen LogP contribution in [0.15, 0.2) is 18.2 Å². The second kappa shape index (κ2) is 5.93. The summed E-state index contributed by atoms with van der Waals surface area (Å²) in [5.41, 5.74) is 4.14. The maximum atomic E-state index is 5.69. The van der Waals surface area contributed by atoms with Gasteiger partial charge in [0.05, 0.1) is 5.60 Å².